The number of H-pyrrole nitrogens is 1. The molecule has 0 aliphatic rings. The number of nitrogens with one attached hydrogen (secondary N) is 1. The molecule has 0 aliphatic heterocycles. The van der Waals surface area contributed by atoms with Crippen molar-refractivity contribution < 1.29 is 4.79 Å². The van der Waals surface area contributed by atoms with Gasteiger partial charge in [0.05, 0.1) is 11.0 Å². The Morgan fingerprint density at radius 2 is 1.88 bits per heavy atom. The van der Waals surface area contributed by atoms with E-state index in [1.807, 2.05) is 36.4 Å². The van der Waals surface area contributed by atoms with Crippen LogP contribution in [0.5, 0.6) is 0 Å². The molecule has 3 aromatic rings. The highest BCUT2D eigenvalue weighted by atomic mass is 16.1. The summed E-state index contributed by atoms with van der Waals surface area (Å²) in [5, 5.41) is 0. The Labute approximate surface area is 98.1 Å². The van der Waals surface area contributed by atoms with Crippen LogP contribution in [0.15, 0.2) is 48.5 Å². The average Bonchev–Trinajstić information content (AvgIpc) is 2.86. The zero-order valence-electron chi connectivity index (χ0n) is 8.97. The fraction of sp³-hybridized carbons (Fsp3) is 0. The number of imidazole rings is 1. The SMILES string of the molecule is O=C(c1ccccc1)c1ccc2n[c][nH]c2c1. The van der Waals surface area contributed by atoms with E-state index in [0.717, 1.165) is 11.0 Å². The summed E-state index contributed by atoms with van der Waals surface area (Å²) in [6.07, 6.45) is 2.66. The Kier molecular flexibility index (Phi) is 2.22. The topological polar surface area (TPSA) is 45.8 Å². The van der Waals surface area contributed by atoms with Crippen molar-refractivity contribution in [1.29, 1.82) is 0 Å². The lowest BCUT2D eigenvalue weighted by Crippen LogP contribution is -2.00. The van der Waals surface area contributed by atoms with E-state index in [0.29, 0.717) is 11.1 Å². The van der Waals surface area contributed by atoms with Crippen LogP contribution in [0.2, 0.25) is 0 Å². The molecule has 0 unspecified atom stereocenters. The monoisotopic (exact) mass is 221 g/mol. The van der Waals surface area contributed by atoms with Crippen LogP contribution in [0.4, 0.5) is 0 Å². The van der Waals surface area contributed by atoms with E-state index in [4.69, 9.17) is 0 Å². The van der Waals surface area contributed by atoms with Gasteiger partial charge in [0.15, 0.2) is 12.1 Å². The second kappa shape index (κ2) is 3.87. The minimum atomic E-state index is 0.0158. The van der Waals surface area contributed by atoms with Crippen molar-refractivity contribution in [2.24, 2.45) is 0 Å². The van der Waals surface area contributed by atoms with Crippen molar-refractivity contribution in [3.05, 3.63) is 66.0 Å². The number of aromatic nitrogens is 2. The number of rotatable bonds is 2. The second-order valence-electron chi connectivity index (χ2n) is 3.78. The van der Waals surface area contributed by atoms with Crippen LogP contribution in [0.25, 0.3) is 11.0 Å². The van der Waals surface area contributed by atoms with E-state index in [9.17, 15) is 4.79 Å². The first-order valence-corrected chi connectivity index (χ1v) is 5.30. The molecule has 2 aromatic carbocycles. The maximum absolute atomic E-state index is 12.2. The zero-order chi connectivity index (χ0) is 11.7. The van der Waals surface area contributed by atoms with E-state index < -0.39 is 0 Å². The van der Waals surface area contributed by atoms with Gasteiger partial charge in [0.1, 0.15) is 0 Å². The van der Waals surface area contributed by atoms with Gasteiger partial charge >= 0.3 is 0 Å². The predicted octanol–water partition coefficient (Wildman–Crippen LogP) is 2.59. The second-order valence-corrected chi connectivity index (χ2v) is 3.78. The molecule has 0 bridgehead atoms. The summed E-state index contributed by atoms with van der Waals surface area (Å²) in [5.41, 5.74) is 2.98. The molecule has 0 saturated heterocycles. The van der Waals surface area contributed by atoms with Crippen molar-refractivity contribution in [3.63, 3.8) is 0 Å². The highest BCUT2D eigenvalue weighted by Crippen LogP contribution is 2.15. The van der Waals surface area contributed by atoms with Gasteiger partial charge in [-0.1, -0.05) is 30.3 Å². The Balaban J connectivity index is 2.06. The minimum Gasteiger partial charge on any atom is -0.335 e. The van der Waals surface area contributed by atoms with Gasteiger partial charge < -0.3 is 4.98 Å². The van der Waals surface area contributed by atoms with Gasteiger partial charge in [0.25, 0.3) is 0 Å². The van der Waals surface area contributed by atoms with Crippen LogP contribution in [0.1, 0.15) is 15.9 Å². The van der Waals surface area contributed by atoms with Crippen molar-refractivity contribution in [2.75, 3.05) is 0 Å². The molecule has 0 amide bonds. The third-order valence-electron chi connectivity index (χ3n) is 2.66. The summed E-state index contributed by atoms with van der Waals surface area (Å²) >= 11 is 0. The van der Waals surface area contributed by atoms with Gasteiger partial charge in [0.2, 0.25) is 0 Å². The molecular formula is C14H9N2O. The number of carbonyl (C=O) groups is 1. The fourth-order valence-electron chi connectivity index (χ4n) is 1.78. The largest absolute Gasteiger partial charge is 0.335 e. The number of fused-ring (bicyclic) bond motifs is 1. The van der Waals surface area contributed by atoms with Crippen LogP contribution in [0, 0.1) is 6.33 Å². The molecule has 3 heteroatoms. The lowest BCUT2D eigenvalue weighted by atomic mass is 10.0. The number of hydrogen-bond acceptors (Lipinski definition) is 2. The molecule has 1 N–H and O–H groups in total. The minimum absolute atomic E-state index is 0.0158. The Morgan fingerprint density at radius 3 is 2.71 bits per heavy atom. The summed E-state index contributed by atoms with van der Waals surface area (Å²) in [4.78, 5) is 19.0. The highest BCUT2D eigenvalue weighted by Gasteiger charge is 2.09. The lowest BCUT2D eigenvalue weighted by molar-refractivity contribution is 0.103. The molecule has 0 atom stereocenters. The molecule has 17 heavy (non-hydrogen) atoms. The Hall–Kier alpha value is -2.42. The van der Waals surface area contributed by atoms with Crippen LogP contribution in [-0.2, 0) is 0 Å². The summed E-state index contributed by atoms with van der Waals surface area (Å²) in [7, 11) is 0. The molecule has 0 saturated carbocycles. The summed E-state index contributed by atoms with van der Waals surface area (Å²) < 4.78 is 0. The van der Waals surface area contributed by atoms with Crippen LogP contribution in [-0.4, -0.2) is 15.8 Å². The van der Waals surface area contributed by atoms with Crippen LogP contribution in [0.3, 0.4) is 0 Å². The fourth-order valence-corrected chi connectivity index (χ4v) is 1.78. The van der Waals surface area contributed by atoms with Crippen molar-refractivity contribution in [2.45, 2.75) is 0 Å². The molecule has 1 aromatic heterocycles. The molecule has 0 aliphatic carbocycles. The van der Waals surface area contributed by atoms with Crippen molar-refractivity contribution in [3.8, 4) is 0 Å². The zero-order valence-corrected chi connectivity index (χ0v) is 8.97. The molecule has 81 valence electrons. The first-order chi connectivity index (χ1) is 8.34. The average molecular weight is 221 g/mol. The Morgan fingerprint density at radius 1 is 1.06 bits per heavy atom. The van der Waals surface area contributed by atoms with Gasteiger partial charge in [-0.05, 0) is 18.2 Å². The molecule has 3 rings (SSSR count). The van der Waals surface area contributed by atoms with E-state index in [1.54, 1.807) is 12.1 Å². The predicted molar refractivity (Wildman–Crippen MR) is 64.8 cm³/mol. The number of ketones is 1. The molecule has 3 nitrogen and oxygen atoms in total. The van der Waals surface area contributed by atoms with Gasteiger partial charge in [-0.2, -0.15) is 0 Å². The van der Waals surface area contributed by atoms with Crippen LogP contribution < -0.4 is 0 Å². The normalized spacial score (nSPS) is 10.6. The summed E-state index contributed by atoms with van der Waals surface area (Å²) in [6, 6.07) is 14.6. The van der Waals surface area contributed by atoms with Gasteiger partial charge in [-0.25, -0.2) is 4.98 Å². The molecule has 1 heterocycles. The first-order valence-electron chi connectivity index (χ1n) is 5.30. The van der Waals surface area contributed by atoms with Crippen molar-refractivity contribution in [1.82, 2.24) is 9.97 Å². The Bertz CT molecular complexity index is 671. The standard InChI is InChI=1S/C14H9N2O/c17-14(10-4-2-1-3-5-10)11-6-7-12-13(8-11)16-9-15-12/h1-8H,(H,15,16). The van der Waals surface area contributed by atoms with E-state index in [1.165, 1.54) is 0 Å². The lowest BCUT2D eigenvalue weighted by Gasteiger charge is -2.00. The quantitative estimate of drug-likeness (QED) is 0.676. The highest BCUT2D eigenvalue weighted by molar-refractivity contribution is 6.10. The van der Waals surface area contributed by atoms with E-state index in [2.05, 4.69) is 16.3 Å². The van der Waals surface area contributed by atoms with Gasteiger partial charge in [0, 0.05) is 11.1 Å². The first kappa shape index (κ1) is 9.78. The molecule has 0 fully saturated rings. The molecule has 1 radical (unpaired) electrons. The third-order valence-corrected chi connectivity index (χ3v) is 2.66. The smallest absolute Gasteiger partial charge is 0.193 e. The van der Waals surface area contributed by atoms with Gasteiger partial charge in [-0.15, -0.1) is 0 Å². The number of carbonyl (C=O) groups excluding carboxylic acids is 1. The molecular weight excluding hydrogens is 212 g/mol. The molecule has 0 spiro atoms. The van der Waals surface area contributed by atoms with Gasteiger partial charge in [-0.3, -0.25) is 4.79 Å². The maximum atomic E-state index is 12.2. The maximum Gasteiger partial charge on any atom is 0.193 e. The van der Waals surface area contributed by atoms with Crippen molar-refractivity contribution >= 4 is 16.8 Å². The summed E-state index contributed by atoms with van der Waals surface area (Å²) in [5.74, 6) is 0.0158. The number of hydrogen-bond donors (Lipinski definition) is 1. The summed E-state index contributed by atoms with van der Waals surface area (Å²) in [6.45, 7) is 0. The number of nitrogens with zero attached hydrogens (tertiary/aromatic N) is 1. The van der Waals surface area contributed by atoms with E-state index >= 15 is 0 Å². The number of benzene rings is 2. The van der Waals surface area contributed by atoms with E-state index in [-0.39, 0.29) is 5.78 Å². The number of aromatic amines is 1. The van der Waals surface area contributed by atoms with Crippen LogP contribution >= 0.6 is 0 Å². The third kappa shape index (κ3) is 1.72.